The smallest absolute Gasteiger partial charge is 0.241 e. The van der Waals surface area contributed by atoms with Gasteiger partial charge in [0, 0.05) is 0 Å². The molecule has 5 heteroatoms. The lowest BCUT2D eigenvalue weighted by atomic mass is 9.79. The molecule has 5 nitrogen and oxygen atoms in total. The molecule has 0 radical (unpaired) electrons. The van der Waals surface area contributed by atoms with Crippen molar-refractivity contribution in [2.45, 2.75) is 59.4 Å². The Morgan fingerprint density at radius 1 is 1.26 bits per heavy atom. The number of nitriles is 1. The summed E-state index contributed by atoms with van der Waals surface area (Å²) in [6.07, 6.45) is 2.47. The number of nitrogens with one attached hydrogen (secondary N) is 1. The minimum atomic E-state index is -1.05. The Hall–Kier alpha value is -1.57. The molecule has 1 unspecified atom stereocenters. The van der Waals surface area contributed by atoms with Gasteiger partial charge >= 0.3 is 0 Å². The molecular weight excluding hydrogens is 242 g/mol. The molecule has 0 aliphatic carbocycles. The second-order valence-corrected chi connectivity index (χ2v) is 5.29. The summed E-state index contributed by atoms with van der Waals surface area (Å²) in [6, 6.07) is 1.41. The standard InChI is InChI=1S/C14H25N3O2/c1-5-7-14(9-15,8-6-2)13(19)17-11(10(3)4)12(16)18/h10-11H,5-8H2,1-4H3,(H2,16,18)(H,17,19). The fourth-order valence-corrected chi connectivity index (χ4v) is 2.21. The number of carbonyl (C=O) groups excluding carboxylic acids is 2. The Bertz CT molecular complexity index is 352. The lowest BCUT2D eigenvalue weighted by Gasteiger charge is -2.28. The molecule has 2 amide bonds. The first-order chi connectivity index (χ1) is 8.84. The zero-order valence-electron chi connectivity index (χ0n) is 12.3. The summed E-state index contributed by atoms with van der Waals surface area (Å²) in [7, 11) is 0. The maximum atomic E-state index is 12.4. The normalized spacial score (nSPS) is 12.8. The molecule has 0 aliphatic heterocycles. The van der Waals surface area contributed by atoms with E-state index in [-0.39, 0.29) is 11.8 Å². The number of primary amides is 1. The van der Waals surface area contributed by atoms with Crippen LogP contribution in [0.1, 0.15) is 53.4 Å². The largest absolute Gasteiger partial charge is 0.368 e. The summed E-state index contributed by atoms with van der Waals surface area (Å²) in [5, 5.41) is 12.0. The van der Waals surface area contributed by atoms with Crippen LogP contribution in [0.15, 0.2) is 0 Å². The van der Waals surface area contributed by atoms with Gasteiger partial charge in [0.1, 0.15) is 11.5 Å². The lowest BCUT2D eigenvalue weighted by molar-refractivity contribution is -0.133. The molecule has 0 aliphatic rings. The second kappa shape index (κ2) is 7.78. The van der Waals surface area contributed by atoms with Crippen LogP contribution in [0, 0.1) is 22.7 Å². The van der Waals surface area contributed by atoms with Gasteiger partial charge in [0.05, 0.1) is 6.07 Å². The van der Waals surface area contributed by atoms with E-state index in [1.54, 1.807) is 0 Å². The molecule has 0 rings (SSSR count). The maximum Gasteiger partial charge on any atom is 0.241 e. The van der Waals surface area contributed by atoms with Crippen LogP contribution in [-0.4, -0.2) is 17.9 Å². The van der Waals surface area contributed by atoms with Crippen molar-refractivity contribution in [2.75, 3.05) is 0 Å². The predicted octanol–water partition coefficient (Wildman–Crippen LogP) is 1.72. The van der Waals surface area contributed by atoms with E-state index in [1.165, 1.54) is 0 Å². The van der Waals surface area contributed by atoms with Gasteiger partial charge in [-0.1, -0.05) is 40.5 Å². The number of amides is 2. The van der Waals surface area contributed by atoms with Gasteiger partial charge in [-0.2, -0.15) is 5.26 Å². The Labute approximate surface area is 115 Å². The topological polar surface area (TPSA) is 96.0 Å². The third-order valence-electron chi connectivity index (χ3n) is 3.26. The number of hydrogen-bond acceptors (Lipinski definition) is 3. The Morgan fingerprint density at radius 2 is 1.74 bits per heavy atom. The summed E-state index contributed by atoms with van der Waals surface area (Å²) < 4.78 is 0. The van der Waals surface area contributed by atoms with E-state index < -0.39 is 17.4 Å². The first-order valence-corrected chi connectivity index (χ1v) is 6.86. The van der Waals surface area contributed by atoms with Gasteiger partial charge in [0.25, 0.3) is 0 Å². The Morgan fingerprint density at radius 3 is 2.00 bits per heavy atom. The van der Waals surface area contributed by atoms with Crippen LogP contribution in [0.5, 0.6) is 0 Å². The molecule has 3 N–H and O–H groups in total. The van der Waals surface area contributed by atoms with Crippen LogP contribution in [0.2, 0.25) is 0 Å². The van der Waals surface area contributed by atoms with Crippen LogP contribution < -0.4 is 11.1 Å². The van der Waals surface area contributed by atoms with Gasteiger partial charge in [-0.15, -0.1) is 0 Å². The van der Waals surface area contributed by atoms with Crippen LogP contribution >= 0.6 is 0 Å². The summed E-state index contributed by atoms with van der Waals surface area (Å²) in [4.78, 5) is 23.7. The molecular formula is C14H25N3O2. The average Bonchev–Trinajstić information content (AvgIpc) is 2.34. The summed E-state index contributed by atoms with van der Waals surface area (Å²) in [6.45, 7) is 7.49. The fraction of sp³-hybridized carbons (Fsp3) is 0.786. The molecule has 0 heterocycles. The molecule has 0 fully saturated rings. The van der Waals surface area contributed by atoms with Gasteiger partial charge in [0.15, 0.2) is 0 Å². The molecule has 0 aromatic rings. The van der Waals surface area contributed by atoms with Gasteiger partial charge in [-0.3, -0.25) is 9.59 Å². The SMILES string of the molecule is CCCC(C#N)(CCC)C(=O)NC(C(N)=O)C(C)C. The van der Waals surface area contributed by atoms with Crippen LogP contribution in [0.25, 0.3) is 0 Å². The summed E-state index contributed by atoms with van der Waals surface area (Å²) in [5.41, 5.74) is 4.23. The minimum Gasteiger partial charge on any atom is -0.368 e. The van der Waals surface area contributed by atoms with E-state index >= 15 is 0 Å². The van der Waals surface area contributed by atoms with Crippen molar-refractivity contribution in [3.05, 3.63) is 0 Å². The summed E-state index contributed by atoms with van der Waals surface area (Å²) >= 11 is 0. The van der Waals surface area contributed by atoms with E-state index in [9.17, 15) is 14.9 Å². The minimum absolute atomic E-state index is 0.0962. The third-order valence-corrected chi connectivity index (χ3v) is 3.26. The van der Waals surface area contributed by atoms with Crippen molar-refractivity contribution >= 4 is 11.8 Å². The van der Waals surface area contributed by atoms with Crippen molar-refractivity contribution in [3.8, 4) is 6.07 Å². The van der Waals surface area contributed by atoms with Gasteiger partial charge in [0.2, 0.25) is 11.8 Å². The van der Waals surface area contributed by atoms with Crippen molar-refractivity contribution < 1.29 is 9.59 Å². The predicted molar refractivity (Wildman–Crippen MR) is 73.8 cm³/mol. The zero-order valence-corrected chi connectivity index (χ0v) is 12.3. The van der Waals surface area contributed by atoms with Crippen LogP contribution in [0.3, 0.4) is 0 Å². The van der Waals surface area contributed by atoms with Gasteiger partial charge in [-0.05, 0) is 18.8 Å². The first-order valence-electron chi connectivity index (χ1n) is 6.86. The van der Waals surface area contributed by atoms with Crippen molar-refractivity contribution in [1.29, 1.82) is 5.26 Å². The van der Waals surface area contributed by atoms with Crippen LogP contribution in [0.4, 0.5) is 0 Å². The number of rotatable bonds is 8. The number of nitrogens with zero attached hydrogens (tertiary/aromatic N) is 1. The highest BCUT2D eigenvalue weighted by Gasteiger charge is 2.39. The summed E-state index contributed by atoms with van der Waals surface area (Å²) in [5.74, 6) is -1.04. The molecule has 1 atom stereocenters. The second-order valence-electron chi connectivity index (χ2n) is 5.29. The molecule has 0 spiro atoms. The number of hydrogen-bond donors (Lipinski definition) is 2. The van der Waals surface area contributed by atoms with Crippen molar-refractivity contribution in [2.24, 2.45) is 17.1 Å². The van der Waals surface area contributed by atoms with Crippen molar-refractivity contribution in [1.82, 2.24) is 5.32 Å². The molecule has 0 aromatic carbocycles. The van der Waals surface area contributed by atoms with E-state index in [2.05, 4.69) is 11.4 Å². The number of carbonyl (C=O) groups is 2. The van der Waals surface area contributed by atoms with E-state index in [1.807, 2.05) is 27.7 Å². The number of nitrogens with two attached hydrogens (primary N) is 1. The molecule has 0 saturated heterocycles. The zero-order chi connectivity index (χ0) is 15.1. The highest BCUT2D eigenvalue weighted by Crippen LogP contribution is 2.29. The maximum absolute atomic E-state index is 12.4. The van der Waals surface area contributed by atoms with Gasteiger partial charge < -0.3 is 11.1 Å². The molecule has 0 bridgehead atoms. The first kappa shape index (κ1) is 17.4. The van der Waals surface area contributed by atoms with Crippen LogP contribution in [-0.2, 0) is 9.59 Å². The van der Waals surface area contributed by atoms with E-state index in [0.29, 0.717) is 12.8 Å². The third kappa shape index (κ3) is 4.55. The molecule has 19 heavy (non-hydrogen) atoms. The monoisotopic (exact) mass is 267 g/mol. The Balaban J connectivity index is 5.10. The van der Waals surface area contributed by atoms with Gasteiger partial charge in [-0.25, -0.2) is 0 Å². The lowest BCUT2D eigenvalue weighted by Crippen LogP contribution is -2.52. The van der Waals surface area contributed by atoms with Crippen molar-refractivity contribution in [3.63, 3.8) is 0 Å². The molecule has 108 valence electrons. The molecule has 0 saturated carbocycles. The van der Waals surface area contributed by atoms with E-state index in [0.717, 1.165) is 12.8 Å². The van der Waals surface area contributed by atoms with E-state index in [4.69, 9.17) is 5.73 Å². The highest BCUT2D eigenvalue weighted by molar-refractivity contribution is 5.91. The highest BCUT2D eigenvalue weighted by atomic mass is 16.2. The quantitative estimate of drug-likeness (QED) is 0.700. The fourth-order valence-electron chi connectivity index (χ4n) is 2.21. The Kier molecular flexibility index (Phi) is 7.13. The average molecular weight is 267 g/mol. The molecule has 0 aromatic heterocycles.